The Morgan fingerprint density at radius 1 is 0.611 bits per heavy atom. The summed E-state index contributed by atoms with van der Waals surface area (Å²) in [6, 6.07) is 25.9. The monoisotopic (exact) mass is 837 g/mol. The zero-order valence-corrected chi connectivity index (χ0v) is 37.4. The van der Waals surface area contributed by atoms with Crippen molar-refractivity contribution in [3.63, 3.8) is 0 Å². The van der Waals surface area contributed by atoms with Gasteiger partial charge in [-0.25, -0.2) is 0 Å². The molecule has 0 bridgehead atoms. The van der Waals surface area contributed by atoms with Crippen LogP contribution in [0.25, 0.3) is 34.4 Å². The molecular formula is C46H54BCl2N2O2Zr. The van der Waals surface area contributed by atoms with Gasteiger partial charge in [-0.2, -0.15) is 0 Å². The Morgan fingerprint density at radius 2 is 0.963 bits per heavy atom. The average molecular weight is 840 g/mol. The third-order valence-electron chi connectivity index (χ3n) is 12.2. The van der Waals surface area contributed by atoms with Crippen LogP contribution in [0.2, 0.25) is 0 Å². The summed E-state index contributed by atoms with van der Waals surface area (Å²) in [6.45, 7) is 21.1. The molecule has 8 heteroatoms. The van der Waals surface area contributed by atoms with Gasteiger partial charge in [0.05, 0.1) is 0 Å². The number of aryl methyl sites for hydroxylation is 2. The van der Waals surface area contributed by atoms with Crippen LogP contribution in [-0.2, 0) is 25.8 Å². The second-order valence-corrected chi connectivity index (χ2v) is 37.5. The van der Waals surface area contributed by atoms with Gasteiger partial charge in [-0.1, -0.05) is 0 Å². The first kappa shape index (κ1) is 40.5. The average Bonchev–Trinajstić information content (AvgIpc) is 3.75. The van der Waals surface area contributed by atoms with Crippen molar-refractivity contribution >= 4 is 45.5 Å². The number of allylic oxidation sites excluding steroid dienone is 2. The van der Waals surface area contributed by atoms with Crippen molar-refractivity contribution in [2.24, 2.45) is 11.8 Å². The predicted octanol–water partition coefficient (Wildman–Crippen LogP) is 12.2. The van der Waals surface area contributed by atoms with Crippen LogP contribution in [-0.4, -0.2) is 16.3 Å². The maximum atomic E-state index is 13.7. The molecule has 0 radical (unpaired) electrons. The molecule has 6 rings (SSSR count). The normalized spacial score (nSPS) is 17.0. The molecule has 0 fully saturated rings. The van der Waals surface area contributed by atoms with E-state index in [0.717, 1.165) is 44.5 Å². The molecule has 281 valence electrons. The summed E-state index contributed by atoms with van der Waals surface area (Å²) >= 11 is -6.02. The van der Waals surface area contributed by atoms with Crippen molar-refractivity contribution in [1.29, 1.82) is 0 Å². The van der Waals surface area contributed by atoms with Crippen LogP contribution in [0.15, 0.2) is 83.9 Å². The molecule has 4 aromatic rings. The number of halogens is 2. The molecule has 0 aromatic heterocycles. The minimum atomic E-state index is -6.02. The first-order chi connectivity index (χ1) is 25.5. The number of fused-ring (bicyclic) bond motifs is 2. The van der Waals surface area contributed by atoms with E-state index in [9.17, 15) is 9.59 Å². The number of amides is 2. The van der Waals surface area contributed by atoms with Gasteiger partial charge >= 0.3 is 334 Å². The van der Waals surface area contributed by atoms with E-state index in [4.69, 9.17) is 17.0 Å². The standard InChI is InChI=1S/2C20H21.C6H11BN2O2.2ClH.Zr/c2*1-13(2)17-11-16-8-6-10-19(20(16)12-17)18-9-5-7-14(3)15(18)4;1-3-5(10)8-7-9-6(11)4-2;;;/h2*5-13H,1-4H3;3-4H2,1-2H3,(H-,8,9,10,11);2*1H;/q;;;;;+1/p-1. The molecule has 0 saturated heterocycles. The molecule has 2 amide bonds. The number of rotatable bonds is 11. The molecule has 54 heavy (non-hydrogen) atoms. The van der Waals surface area contributed by atoms with Gasteiger partial charge in [0, 0.05) is 0 Å². The van der Waals surface area contributed by atoms with Crippen LogP contribution in [0.5, 0.6) is 0 Å². The number of benzene rings is 4. The Labute approximate surface area is 331 Å². The molecule has 4 nitrogen and oxygen atoms in total. The first-order valence-electron chi connectivity index (χ1n) is 19.5. The van der Waals surface area contributed by atoms with E-state index in [0.29, 0.717) is 0 Å². The Bertz CT molecular complexity index is 2070. The molecule has 2 unspecified atom stereocenters. The van der Waals surface area contributed by atoms with Gasteiger partial charge in [0.15, 0.2) is 0 Å². The van der Waals surface area contributed by atoms with Crippen molar-refractivity contribution in [2.45, 2.75) is 89.3 Å². The van der Waals surface area contributed by atoms with Gasteiger partial charge in [0.2, 0.25) is 0 Å². The van der Waals surface area contributed by atoms with Gasteiger partial charge in [-0.05, 0) is 0 Å². The summed E-state index contributed by atoms with van der Waals surface area (Å²) in [4.78, 5) is 27.3. The fourth-order valence-corrected chi connectivity index (χ4v) is 30.0. The van der Waals surface area contributed by atoms with Crippen LogP contribution in [0.1, 0.15) is 106 Å². The number of carbonyl (C=O) groups excluding carboxylic acids is 2. The molecule has 2 aliphatic rings. The number of hydrogen-bond acceptors (Lipinski definition) is 2. The van der Waals surface area contributed by atoms with Crippen LogP contribution in [0, 0.1) is 39.5 Å². The third kappa shape index (κ3) is 6.73. The second kappa shape index (κ2) is 15.4. The van der Waals surface area contributed by atoms with Crippen LogP contribution < -0.4 is 10.5 Å². The maximum absolute atomic E-state index is 13.7. The van der Waals surface area contributed by atoms with Gasteiger partial charge in [0.25, 0.3) is 0 Å². The Hall–Kier alpha value is -3.17. The van der Waals surface area contributed by atoms with Crippen molar-refractivity contribution in [1.82, 2.24) is 10.5 Å². The molecule has 0 heterocycles. The fraction of sp³-hybridized carbons (Fsp3) is 0.348. The Kier molecular flexibility index (Phi) is 11.5. The molecule has 2 N–H and O–H groups in total. The van der Waals surface area contributed by atoms with Gasteiger partial charge in [-0.3, -0.25) is 0 Å². The Balaban J connectivity index is 1.73. The van der Waals surface area contributed by atoms with Gasteiger partial charge < -0.3 is 0 Å². The van der Waals surface area contributed by atoms with Crippen molar-refractivity contribution in [2.75, 3.05) is 0 Å². The van der Waals surface area contributed by atoms with Crippen LogP contribution in [0.4, 0.5) is 0 Å². The molecule has 2 atom stereocenters. The van der Waals surface area contributed by atoms with Crippen molar-refractivity contribution in [3.05, 3.63) is 128 Å². The van der Waals surface area contributed by atoms with Crippen molar-refractivity contribution < 1.29 is 25.8 Å². The molecule has 0 aliphatic heterocycles. The van der Waals surface area contributed by atoms with Crippen LogP contribution in [0.3, 0.4) is 0 Å². The second-order valence-electron chi connectivity index (χ2n) is 16.1. The topological polar surface area (TPSA) is 58.2 Å². The zero-order valence-electron chi connectivity index (χ0n) is 33.5. The zero-order chi connectivity index (χ0) is 39.3. The van der Waals surface area contributed by atoms with E-state index in [1.807, 2.05) is 13.8 Å². The molecule has 4 aromatic carbocycles. The molecule has 0 spiro atoms. The minimum absolute atomic E-state index is 0.0808. The molecule has 0 saturated carbocycles. The van der Waals surface area contributed by atoms with E-state index >= 15 is 0 Å². The van der Waals surface area contributed by atoms with E-state index in [2.05, 4.69) is 151 Å². The SMILES string of the molecule is CCC(=O)N[B](NC(=O)CC)[Zr]([Cl])([Cl])([CH]1C(C(C)C)=Cc2c(-c3cccc(C)c3C)cccc21)[CH]1C(C(C)C)=Cc2c(-c3cccc(C)c3C)cccc21. The summed E-state index contributed by atoms with van der Waals surface area (Å²) < 4.78 is -1.80. The van der Waals surface area contributed by atoms with Crippen LogP contribution >= 0.6 is 17.0 Å². The van der Waals surface area contributed by atoms with E-state index in [1.54, 1.807) is 0 Å². The van der Waals surface area contributed by atoms with E-state index in [-0.39, 0.29) is 36.5 Å². The summed E-state index contributed by atoms with van der Waals surface area (Å²) in [6.07, 6.45) is 5.10. The third-order valence-corrected chi connectivity index (χ3v) is 32.0. The van der Waals surface area contributed by atoms with Gasteiger partial charge in [-0.15, -0.1) is 0 Å². The molecular weight excluding hydrogens is 785 g/mol. The summed E-state index contributed by atoms with van der Waals surface area (Å²) in [5, 5.41) is 6.55. The number of hydrogen-bond donors (Lipinski definition) is 2. The quantitative estimate of drug-likeness (QED) is 0.148. The van der Waals surface area contributed by atoms with Crippen molar-refractivity contribution in [3.8, 4) is 22.3 Å². The summed E-state index contributed by atoms with van der Waals surface area (Å²) in [7, 11) is 17.8. The summed E-state index contributed by atoms with van der Waals surface area (Å²) in [5.74, 6) is -0.240. The van der Waals surface area contributed by atoms with E-state index < -0.39 is 27.9 Å². The first-order valence-corrected chi connectivity index (χ1v) is 30.1. The summed E-state index contributed by atoms with van der Waals surface area (Å²) in [5.41, 5.74) is 16.2. The van der Waals surface area contributed by atoms with Gasteiger partial charge in [0.1, 0.15) is 0 Å². The number of nitrogens with one attached hydrogen (secondary N) is 2. The predicted molar refractivity (Wildman–Crippen MR) is 228 cm³/mol. The number of carbonyl (C=O) groups is 2. The molecule has 2 aliphatic carbocycles. The Morgan fingerprint density at radius 3 is 1.31 bits per heavy atom. The van der Waals surface area contributed by atoms with E-state index in [1.165, 1.54) is 33.4 Å². The fourth-order valence-electron chi connectivity index (χ4n) is 8.98.